The van der Waals surface area contributed by atoms with E-state index in [1.165, 1.54) is 4.90 Å². The van der Waals surface area contributed by atoms with Gasteiger partial charge in [-0.3, -0.25) is 14.5 Å². The van der Waals surface area contributed by atoms with Crippen LogP contribution in [0, 0.1) is 10.8 Å². The SMILES string of the molecule is CC1(C)CC(=O)N(C2CC(O)C2(C)C)C(=O)C1. The largest absolute Gasteiger partial charge is 0.392 e. The third-order valence-corrected chi connectivity index (χ3v) is 4.27. The number of likely N-dealkylation sites (tertiary alicyclic amines) is 1. The minimum absolute atomic E-state index is 0.0868. The van der Waals surface area contributed by atoms with Crippen molar-refractivity contribution >= 4 is 11.8 Å². The van der Waals surface area contributed by atoms with E-state index in [0.29, 0.717) is 19.3 Å². The van der Waals surface area contributed by atoms with Gasteiger partial charge in [-0.2, -0.15) is 0 Å². The monoisotopic (exact) mass is 239 g/mol. The van der Waals surface area contributed by atoms with E-state index in [0.717, 1.165) is 0 Å². The number of rotatable bonds is 1. The Morgan fingerprint density at radius 2 is 1.59 bits per heavy atom. The van der Waals surface area contributed by atoms with E-state index in [1.54, 1.807) is 0 Å². The van der Waals surface area contributed by atoms with Gasteiger partial charge in [-0.25, -0.2) is 0 Å². The molecular formula is C13H21NO3. The molecule has 0 aromatic rings. The lowest BCUT2D eigenvalue weighted by molar-refractivity contribution is -0.175. The van der Waals surface area contributed by atoms with Crippen molar-refractivity contribution in [3.8, 4) is 0 Å². The second kappa shape index (κ2) is 3.55. The van der Waals surface area contributed by atoms with Crippen LogP contribution in [0.3, 0.4) is 0 Å². The summed E-state index contributed by atoms with van der Waals surface area (Å²) in [4.78, 5) is 25.5. The normalized spacial score (nSPS) is 35.7. The lowest BCUT2D eigenvalue weighted by atomic mass is 9.63. The quantitative estimate of drug-likeness (QED) is 0.702. The molecule has 2 atom stereocenters. The van der Waals surface area contributed by atoms with Crippen molar-refractivity contribution in [1.29, 1.82) is 0 Å². The molecule has 1 aliphatic carbocycles. The van der Waals surface area contributed by atoms with Gasteiger partial charge in [0.25, 0.3) is 0 Å². The lowest BCUT2D eigenvalue weighted by Gasteiger charge is -2.54. The summed E-state index contributed by atoms with van der Waals surface area (Å²) in [6.45, 7) is 7.71. The Morgan fingerprint density at radius 1 is 1.12 bits per heavy atom. The minimum Gasteiger partial charge on any atom is -0.392 e. The van der Waals surface area contributed by atoms with E-state index >= 15 is 0 Å². The van der Waals surface area contributed by atoms with Crippen LogP contribution < -0.4 is 0 Å². The molecule has 1 saturated heterocycles. The van der Waals surface area contributed by atoms with Crippen LogP contribution in [0.1, 0.15) is 47.0 Å². The maximum Gasteiger partial charge on any atom is 0.229 e. The van der Waals surface area contributed by atoms with Gasteiger partial charge in [-0.05, 0) is 11.8 Å². The predicted molar refractivity (Wildman–Crippen MR) is 63.1 cm³/mol. The molecule has 1 N–H and O–H groups in total. The molecule has 2 fully saturated rings. The lowest BCUT2D eigenvalue weighted by Crippen LogP contribution is -2.65. The number of nitrogens with zero attached hydrogens (tertiary/aromatic N) is 1. The first-order chi connectivity index (χ1) is 7.65. The Morgan fingerprint density at radius 3 is 1.94 bits per heavy atom. The van der Waals surface area contributed by atoms with Crippen LogP contribution in [-0.4, -0.2) is 34.0 Å². The van der Waals surface area contributed by atoms with Crippen LogP contribution in [0.4, 0.5) is 0 Å². The van der Waals surface area contributed by atoms with Gasteiger partial charge in [-0.15, -0.1) is 0 Å². The maximum atomic E-state index is 12.1. The zero-order valence-corrected chi connectivity index (χ0v) is 11.0. The first-order valence-electron chi connectivity index (χ1n) is 6.18. The molecule has 17 heavy (non-hydrogen) atoms. The predicted octanol–water partition coefficient (Wildman–Crippen LogP) is 1.32. The van der Waals surface area contributed by atoms with Gasteiger partial charge in [0.2, 0.25) is 11.8 Å². The number of hydrogen-bond donors (Lipinski definition) is 1. The van der Waals surface area contributed by atoms with E-state index in [2.05, 4.69) is 0 Å². The van der Waals surface area contributed by atoms with Gasteiger partial charge in [0.15, 0.2) is 0 Å². The summed E-state index contributed by atoms with van der Waals surface area (Å²) in [5.74, 6) is -0.174. The smallest absolute Gasteiger partial charge is 0.229 e. The summed E-state index contributed by atoms with van der Waals surface area (Å²) in [7, 11) is 0. The highest BCUT2D eigenvalue weighted by Gasteiger charge is 2.54. The molecular weight excluding hydrogens is 218 g/mol. The summed E-state index contributed by atoms with van der Waals surface area (Å²) >= 11 is 0. The van der Waals surface area contributed by atoms with Crippen LogP contribution in [0.5, 0.6) is 0 Å². The molecule has 1 aliphatic heterocycles. The van der Waals surface area contributed by atoms with E-state index in [-0.39, 0.29) is 28.7 Å². The number of imide groups is 1. The van der Waals surface area contributed by atoms with E-state index in [1.807, 2.05) is 27.7 Å². The highest BCUT2D eigenvalue weighted by molar-refractivity contribution is 5.99. The van der Waals surface area contributed by atoms with Crippen molar-refractivity contribution in [3.63, 3.8) is 0 Å². The fourth-order valence-corrected chi connectivity index (χ4v) is 2.86. The highest BCUT2D eigenvalue weighted by atomic mass is 16.3. The molecule has 0 radical (unpaired) electrons. The average Bonchev–Trinajstić information content (AvgIpc) is 2.13. The van der Waals surface area contributed by atoms with Crippen molar-refractivity contribution in [2.45, 2.75) is 59.1 Å². The maximum absolute atomic E-state index is 12.1. The summed E-state index contributed by atoms with van der Waals surface area (Å²) in [6, 6.07) is -0.131. The van der Waals surface area contributed by atoms with Gasteiger partial charge in [-0.1, -0.05) is 27.7 Å². The Hall–Kier alpha value is -0.900. The summed E-state index contributed by atoms with van der Waals surface area (Å²) in [6.07, 6.45) is 0.941. The molecule has 2 amide bonds. The highest BCUT2D eigenvalue weighted by Crippen LogP contribution is 2.46. The molecule has 1 saturated carbocycles. The number of carbonyl (C=O) groups is 2. The van der Waals surface area contributed by atoms with E-state index in [9.17, 15) is 14.7 Å². The summed E-state index contributed by atoms with van der Waals surface area (Å²) < 4.78 is 0. The second-order valence-corrected chi connectivity index (χ2v) is 6.76. The van der Waals surface area contributed by atoms with Crippen molar-refractivity contribution in [2.75, 3.05) is 0 Å². The molecule has 2 unspecified atom stereocenters. The Kier molecular flexibility index (Phi) is 2.62. The van der Waals surface area contributed by atoms with Crippen LogP contribution in [0.15, 0.2) is 0 Å². The van der Waals surface area contributed by atoms with Crippen LogP contribution in [-0.2, 0) is 9.59 Å². The molecule has 2 aliphatic rings. The molecule has 4 nitrogen and oxygen atoms in total. The standard InChI is InChI=1S/C13H21NO3/c1-12(2)6-10(16)14(11(17)7-12)8-5-9(15)13(8,3)4/h8-9,15H,5-7H2,1-4H3. The molecule has 96 valence electrons. The first-order valence-corrected chi connectivity index (χ1v) is 6.18. The number of piperidine rings is 1. The van der Waals surface area contributed by atoms with Crippen LogP contribution >= 0.6 is 0 Å². The Bertz CT molecular complexity index is 353. The minimum atomic E-state index is -0.414. The number of carbonyl (C=O) groups excluding carboxylic acids is 2. The average molecular weight is 239 g/mol. The number of amides is 2. The molecule has 4 heteroatoms. The van der Waals surface area contributed by atoms with E-state index in [4.69, 9.17) is 0 Å². The van der Waals surface area contributed by atoms with Crippen LogP contribution in [0.2, 0.25) is 0 Å². The number of aliphatic hydroxyl groups excluding tert-OH is 1. The fourth-order valence-electron chi connectivity index (χ4n) is 2.86. The molecule has 0 spiro atoms. The van der Waals surface area contributed by atoms with Gasteiger partial charge in [0, 0.05) is 24.3 Å². The van der Waals surface area contributed by atoms with Gasteiger partial charge >= 0.3 is 0 Å². The molecule has 0 aromatic carbocycles. The topological polar surface area (TPSA) is 57.6 Å². The summed E-state index contributed by atoms with van der Waals surface area (Å²) in [5, 5.41) is 9.70. The van der Waals surface area contributed by atoms with E-state index < -0.39 is 6.10 Å². The van der Waals surface area contributed by atoms with Gasteiger partial charge in [0.1, 0.15) is 0 Å². The molecule has 0 bridgehead atoms. The zero-order chi connectivity index (χ0) is 13.0. The third kappa shape index (κ3) is 1.88. The second-order valence-electron chi connectivity index (χ2n) is 6.76. The fraction of sp³-hybridized carbons (Fsp3) is 0.846. The van der Waals surface area contributed by atoms with Crippen LogP contribution in [0.25, 0.3) is 0 Å². The molecule has 2 rings (SSSR count). The number of hydrogen-bond acceptors (Lipinski definition) is 3. The van der Waals surface area contributed by atoms with Crippen molar-refractivity contribution < 1.29 is 14.7 Å². The Labute approximate surface area is 102 Å². The summed E-state index contributed by atoms with van der Waals surface area (Å²) in [5.41, 5.74) is -0.593. The molecule has 0 aromatic heterocycles. The van der Waals surface area contributed by atoms with Crippen molar-refractivity contribution in [2.24, 2.45) is 10.8 Å². The molecule has 1 heterocycles. The van der Waals surface area contributed by atoms with Gasteiger partial charge < -0.3 is 5.11 Å². The zero-order valence-electron chi connectivity index (χ0n) is 11.0. The van der Waals surface area contributed by atoms with Crippen molar-refractivity contribution in [3.05, 3.63) is 0 Å². The van der Waals surface area contributed by atoms with Gasteiger partial charge in [0.05, 0.1) is 6.10 Å². The van der Waals surface area contributed by atoms with Crippen molar-refractivity contribution in [1.82, 2.24) is 4.90 Å². The Balaban J connectivity index is 2.18. The first kappa shape index (κ1) is 12.6. The third-order valence-electron chi connectivity index (χ3n) is 4.27. The number of aliphatic hydroxyl groups is 1.